The zero-order valence-corrected chi connectivity index (χ0v) is 12.4. The summed E-state index contributed by atoms with van der Waals surface area (Å²) in [5, 5.41) is 4.08. The Balaban J connectivity index is 2.03. The van der Waals surface area contributed by atoms with Crippen molar-refractivity contribution in [1.29, 1.82) is 0 Å². The minimum atomic E-state index is 0.00820. The van der Waals surface area contributed by atoms with Crippen molar-refractivity contribution < 1.29 is 4.74 Å². The van der Waals surface area contributed by atoms with E-state index in [1.807, 2.05) is 36.4 Å². The fourth-order valence-corrected chi connectivity index (χ4v) is 2.23. The summed E-state index contributed by atoms with van der Waals surface area (Å²) in [6, 6.07) is 18.1. The molecule has 0 radical (unpaired) electrons. The maximum Gasteiger partial charge on any atom is 0.0954 e. The first-order chi connectivity index (χ1) is 9.79. The lowest BCUT2D eigenvalue weighted by atomic mass is 10.1. The van der Waals surface area contributed by atoms with Crippen molar-refractivity contribution in [2.24, 2.45) is 0 Å². The van der Waals surface area contributed by atoms with Crippen LogP contribution in [-0.2, 0) is 11.3 Å². The smallest absolute Gasteiger partial charge is 0.0954 e. The van der Waals surface area contributed by atoms with Crippen LogP contribution < -0.4 is 5.32 Å². The van der Waals surface area contributed by atoms with Gasteiger partial charge in [0.15, 0.2) is 0 Å². The molecule has 2 nitrogen and oxygen atoms in total. The molecule has 106 valence electrons. The Hall–Kier alpha value is -1.35. The first-order valence-corrected chi connectivity index (χ1v) is 7.29. The summed E-state index contributed by atoms with van der Waals surface area (Å²) >= 11 is 6.06. The third-order valence-electron chi connectivity index (χ3n) is 3.09. The molecule has 1 N–H and O–H groups in total. The summed E-state index contributed by atoms with van der Waals surface area (Å²) in [5.74, 6) is 0. The van der Waals surface area contributed by atoms with Gasteiger partial charge in [0.2, 0.25) is 0 Å². The number of halogens is 1. The fraction of sp³-hybridized carbons (Fsp3) is 0.294. The van der Waals surface area contributed by atoms with E-state index in [0.29, 0.717) is 6.61 Å². The Bertz CT molecular complexity index is 515. The molecular formula is C17H20ClNO. The lowest BCUT2D eigenvalue weighted by Crippen LogP contribution is -2.23. The minimum absolute atomic E-state index is 0.00820. The fourth-order valence-electron chi connectivity index (χ4n) is 2.03. The molecule has 2 aromatic carbocycles. The maximum atomic E-state index is 6.06. The highest BCUT2D eigenvalue weighted by atomic mass is 35.5. The number of benzene rings is 2. The van der Waals surface area contributed by atoms with Gasteiger partial charge in [0.1, 0.15) is 0 Å². The van der Waals surface area contributed by atoms with Gasteiger partial charge in [-0.15, -0.1) is 0 Å². The second kappa shape index (κ2) is 8.05. The summed E-state index contributed by atoms with van der Waals surface area (Å²) in [6.07, 6.45) is 0.00820. The molecule has 0 aliphatic carbocycles. The molecule has 0 aliphatic heterocycles. The molecule has 0 saturated carbocycles. The summed E-state index contributed by atoms with van der Waals surface area (Å²) in [4.78, 5) is 0. The lowest BCUT2D eigenvalue weighted by Gasteiger charge is -2.19. The number of likely N-dealkylation sites (N-methyl/N-ethyl adjacent to an activating group) is 1. The molecule has 0 spiro atoms. The third-order valence-corrected chi connectivity index (χ3v) is 3.33. The molecule has 1 unspecified atom stereocenters. The summed E-state index contributed by atoms with van der Waals surface area (Å²) in [6.45, 7) is 4.39. The Kier molecular flexibility index (Phi) is 6.06. The molecule has 0 fully saturated rings. The SMILES string of the molecule is CCNCC(OCc1ccccc1)c1cccc(Cl)c1. The second-order valence-electron chi connectivity index (χ2n) is 4.65. The maximum absolute atomic E-state index is 6.06. The van der Waals surface area contributed by atoms with Crippen LogP contribution >= 0.6 is 11.6 Å². The predicted octanol–water partition coefficient (Wildman–Crippen LogP) is 4.21. The zero-order valence-electron chi connectivity index (χ0n) is 11.7. The van der Waals surface area contributed by atoms with Crippen LogP contribution in [0.25, 0.3) is 0 Å². The van der Waals surface area contributed by atoms with Gasteiger partial charge in [-0.1, -0.05) is 61.0 Å². The van der Waals surface area contributed by atoms with Crippen molar-refractivity contribution in [3.05, 3.63) is 70.7 Å². The van der Waals surface area contributed by atoms with Gasteiger partial charge in [0.25, 0.3) is 0 Å². The van der Waals surface area contributed by atoms with Crippen molar-refractivity contribution in [1.82, 2.24) is 5.32 Å². The van der Waals surface area contributed by atoms with Gasteiger partial charge < -0.3 is 10.1 Å². The van der Waals surface area contributed by atoms with Crippen LogP contribution in [0, 0.1) is 0 Å². The van der Waals surface area contributed by atoms with Crippen LogP contribution in [0.3, 0.4) is 0 Å². The van der Waals surface area contributed by atoms with E-state index in [9.17, 15) is 0 Å². The zero-order chi connectivity index (χ0) is 14.2. The Morgan fingerprint density at radius 2 is 1.90 bits per heavy atom. The summed E-state index contributed by atoms with van der Waals surface area (Å²) in [7, 11) is 0. The van der Waals surface area contributed by atoms with Crippen LogP contribution in [-0.4, -0.2) is 13.1 Å². The first-order valence-electron chi connectivity index (χ1n) is 6.91. The highest BCUT2D eigenvalue weighted by Crippen LogP contribution is 2.21. The van der Waals surface area contributed by atoms with E-state index in [0.717, 1.165) is 23.7 Å². The average Bonchev–Trinajstić information content (AvgIpc) is 2.48. The third kappa shape index (κ3) is 4.64. The number of ether oxygens (including phenoxy) is 1. The van der Waals surface area contributed by atoms with Gasteiger partial charge in [-0.25, -0.2) is 0 Å². The quantitative estimate of drug-likeness (QED) is 0.824. The van der Waals surface area contributed by atoms with E-state index in [1.54, 1.807) is 0 Å². The van der Waals surface area contributed by atoms with Crippen molar-refractivity contribution in [2.75, 3.05) is 13.1 Å². The van der Waals surface area contributed by atoms with Crippen LogP contribution in [0.5, 0.6) is 0 Å². The molecule has 0 heterocycles. The van der Waals surface area contributed by atoms with Crippen molar-refractivity contribution >= 4 is 11.6 Å². The molecule has 20 heavy (non-hydrogen) atoms. The molecule has 0 aliphatic rings. The molecule has 0 aromatic heterocycles. The average molecular weight is 290 g/mol. The first kappa shape index (κ1) is 15.0. The number of nitrogens with one attached hydrogen (secondary N) is 1. The van der Waals surface area contributed by atoms with Crippen LogP contribution in [0.4, 0.5) is 0 Å². The van der Waals surface area contributed by atoms with Gasteiger partial charge in [-0.3, -0.25) is 0 Å². The van der Waals surface area contributed by atoms with E-state index >= 15 is 0 Å². The Morgan fingerprint density at radius 3 is 2.60 bits per heavy atom. The van der Waals surface area contributed by atoms with E-state index in [2.05, 4.69) is 30.4 Å². The van der Waals surface area contributed by atoms with E-state index in [4.69, 9.17) is 16.3 Å². The van der Waals surface area contributed by atoms with Crippen molar-refractivity contribution in [2.45, 2.75) is 19.6 Å². The van der Waals surface area contributed by atoms with Crippen LogP contribution in [0.1, 0.15) is 24.2 Å². The van der Waals surface area contributed by atoms with E-state index in [-0.39, 0.29) is 6.10 Å². The number of hydrogen-bond donors (Lipinski definition) is 1. The van der Waals surface area contributed by atoms with Crippen LogP contribution in [0.15, 0.2) is 54.6 Å². The molecule has 1 atom stereocenters. The molecule has 2 aromatic rings. The van der Waals surface area contributed by atoms with E-state index < -0.39 is 0 Å². The Morgan fingerprint density at radius 1 is 1.10 bits per heavy atom. The number of hydrogen-bond acceptors (Lipinski definition) is 2. The van der Waals surface area contributed by atoms with Gasteiger partial charge in [0.05, 0.1) is 12.7 Å². The molecule has 3 heteroatoms. The lowest BCUT2D eigenvalue weighted by molar-refractivity contribution is 0.0401. The van der Waals surface area contributed by atoms with Gasteiger partial charge in [0, 0.05) is 11.6 Å². The van der Waals surface area contributed by atoms with Gasteiger partial charge >= 0.3 is 0 Å². The highest BCUT2D eigenvalue weighted by Gasteiger charge is 2.12. The monoisotopic (exact) mass is 289 g/mol. The number of rotatable bonds is 7. The van der Waals surface area contributed by atoms with Crippen molar-refractivity contribution in [3.63, 3.8) is 0 Å². The molecule has 0 bridgehead atoms. The Labute approximate surface area is 125 Å². The highest BCUT2D eigenvalue weighted by molar-refractivity contribution is 6.30. The second-order valence-corrected chi connectivity index (χ2v) is 5.08. The van der Waals surface area contributed by atoms with Gasteiger partial charge in [-0.2, -0.15) is 0 Å². The molecular weight excluding hydrogens is 270 g/mol. The summed E-state index contributed by atoms with van der Waals surface area (Å²) in [5.41, 5.74) is 2.28. The normalized spacial score (nSPS) is 12.3. The standard InChI is InChI=1S/C17H20ClNO/c1-2-19-12-17(15-9-6-10-16(18)11-15)20-13-14-7-4-3-5-8-14/h3-11,17,19H,2,12-13H2,1H3. The topological polar surface area (TPSA) is 21.3 Å². The largest absolute Gasteiger partial charge is 0.368 e. The molecule has 0 saturated heterocycles. The van der Waals surface area contributed by atoms with Crippen molar-refractivity contribution in [3.8, 4) is 0 Å². The van der Waals surface area contributed by atoms with Crippen LogP contribution in [0.2, 0.25) is 5.02 Å². The van der Waals surface area contributed by atoms with Gasteiger partial charge in [-0.05, 0) is 29.8 Å². The van der Waals surface area contributed by atoms with E-state index in [1.165, 1.54) is 5.56 Å². The summed E-state index contributed by atoms with van der Waals surface area (Å²) < 4.78 is 6.05. The molecule has 0 amide bonds. The molecule has 2 rings (SSSR count). The predicted molar refractivity (Wildman–Crippen MR) is 84.0 cm³/mol. The minimum Gasteiger partial charge on any atom is -0.368 e.